The van der Waals surface area contributed by atoms with Gasteiger partial charge >= 0.3 is 0 Å². The minimum absolute atomic E-state index is 0.00316. The van der Waals surface area contributed by atoms with Crippen LogP contribution < -0.4 is 9.62 Å². The van der Waals surface area contributed by atoms with Gasteiger partial charge in [0.15, 0.2) is 0 Å². The highest BCUT2D eigenvalue weighted by Gasteiger charge is 2.31. The van der Waals surface area contributed by atoms with E-state index in [1.54, 1.807) is 43.3 Å². The van der Waals surface area contributed by atoms with Gasteiger partial charge in [-0.25, -0.2) is 8.42 Å². The standard InChI is InChI=1S/C31H36Cl3N3O4S/c1-4-16-35-31(39)29(18-23-9-6-5-7-10-23)36(21-24-13-15-25(32)19-27(24)34)30(38)11-8-17-37(42(3,40)41)28-20-26(33)14-12-22(28)2/h5-7,9-10,12-15,19-20,29H,4,8,11,16-18,21H2,1-3H3,(H,35,39)/t29-/m1/s1. The Kier molecular flexibility index (Phi) is 12.5. The van der Waals surface area contributed by atoms with E-state index < -0.39 is 16.1 Å². The first-order valence-electron chi connectivity index (χ1n) is 13.7. The fourth-order valence-electron chi connectivity index (χ4n) is 4.59. The SMILES string of the molecule is CCCNC(=O)[C@@H](Cc1ccccc1)N(Cc1ccc(Cl)cc1Cl)C(=O)CCCN(c1cc(Cl)ccc1C)S(C)(=O)=O. The molecule has 3 rings (SSSR count). The molecule has 0 heterocycles. The topological polar surface area (TPSA) is 86.8 Å². The van der Waals surface area contributed by atoms with Crippen molar-refractivity contribution in [1.82, 2.24) is 10.2 Å². The third kappa shape index (κ3) is 9.63. The van der Waals surface area contributed by atoms with E-state index in [0.29, 0.717) is 39.3 Å². The number of carbonyl (C=O) groups is 2. The van der Waals surface area contributed by atoms with Gasteiger partial charge in [-0.1, -0.05) is 84.2 Å². The Bertz CT molecular complexity index is 1490. The molecule has 0 aliphatic carbocycles. The number of hydrogen-bond donors (Lipinski definition) is 1. The highest BCUT2D eigenvalue weighted by Crippen LogP contribution is 2.28. The number of hydrogen-bond acceptors (Lipinski definition) is 4. The summed E-state index contributed by atoms with van der Waals surface area (Å²) in [4.78, 5) is 28.9. The monoisotopic (exact) mass is 651 g/mol. The molecule has 0 aliphatic rings. The Labute approximate surface area is 263 Å². The number of halogens is 3. The summed E-state index contributed by atoms with van der Waals surface area (Å²) < 4.78 is 26.7. The van der Waals surface area contributed by atoms with Gasteiger partial charge in [0.1, 0.15) is 6.04 Å². The highest BCUT2D eigenvalue weighted by molar-refractivity contribution is 7.92. The van der Waals surface area contributed by atoms with E-state index in [0.717, 1.165) is 23.8 Å². The maximum absolute atomic E-state index is 13.9. The number of benzene rings is 3. The zero-order chi connectivity index (χ0) is 30.9. The van der Waals surface area contributed by atoms with Gasteiger partial charge in [0.25, 0.3) is 0 Å². The highest BCUT2D eigenvalue weighted by atomic mass is 35.5. The Morgan fingerprint density at radius 2 is 1.62 bits per heavy atom. The van der Waals surface area contributed by atoms with E-state index in [2.05, 4.69) is 5.32 Å². The van der Waals surface area contributed by atoms with E-state index in [1.807, 2.05) is 37.3 Å². The van der Waals surface area contributed by atoms with Crippen molar-refractivity contribution in [2.24, 2.45) is 0 Å². The molecule has 2 amide bonds. The van der Waals surface area contributed by atoms with Gasteiger partial charge in [0.2, 0.25) is 21.8 Å². The van der Waals surface area contributed by atoms with E-state index in [1.165, 1.54) is 9.21 Å². The van der Waals surface area contributed by atoms with Crippen LogP contribution in [0.5, 0.6) is 0 Å². The van der Waals surface area contributed by atoms with Crippen LogP contribution in [0.2, 0.25) is 15.1 Å². The molecule has 0 fully saturated rings. The first kappa shape index (κ1) is 33.7. The molecule has 1 atom stereocenters. The molecule has 11 heteroatoms. The molecule has 3 aromatic rings. The smallest absolute Gasteiger partial charge is 0.243 e. The molecule has 0 spiro atoms. The predicted octanol–water partition coefficient (Wildman–Crippen LogP) is 6.67. The maximum Gasteiger partial charge on any atom is 0.243 e. The van der Waals surface area contributed by atoms with Crippen molar-refractivity contribution in [3.8, 4) is 0 Å². The summed E-state index contributed by atoms with van der Waals surface area (Å²) in [5.74, 6) is -0.573. The number of nitrogens with zero attached hydrogens (tertiary/aromatic N) is 2. The van der Waals surface area contributed by atoms with Gasteiger partial charge < -0.3 is 10.2 Å². The summed E-state index contributed by atoms with van der Waals surface area (Å²) in [6, 6.07) is 18.7. The fraction of sp³-hybridized carbons (Fsp3) is 0.355. The van der Waals surface area contributed by atoms with Crippen molar-refractivity contribution >= 4 is 62.3 Å². The van der Waals surface area contributed by atoms with Crippen LogP contribution in [0.15, 0.2) is 66.7 Å². The molecule has 0 saturated carbocycles. The zero-order valence-corrected chi connectivity index (χ0v) is 27.0. The lowest BCUT2D eigenvalue weighted by Crippen LogP contribution is -2.50. The third-order valence-corrected chi connectivity index (χ3v) is 8.77. The minimum Gasteiger partial charge on any atom is -0.354 e. The van der Waals surface area contributed by atoms with Crippen molar-refractivity contribution in [3.63, 3.8) is 0 Å². The molecule has 7 nitrogen and oxygen atoms in total. The summed E-state index contributed by atoms with van der Waals surface area (Å²) >= 11 is 18.8. The van der Waals surface area contributed by atoms with E-state index in [4.69, 9.17) is 34.8 Å². The van der Waals surface area contributed by atoms with Gasteiger partial charge in [0, 0.05) is 47.5 Å². The number of aryl methyl sites for hydroxylation is 1. The average molecular weight is 653 g/mol. The van der Waals surface area contributed by atoms with E-state index in [9.17, 15) is 18.0 Å². The number of carbonyl (C=O) groups excluding carboxylic acids is 2. The molecule has 226 valence electrons. The molecule has 42 heavy (non-hydrogen) atoms. The third-order valence-electron chi connectivity index (χ3n) is 6.77. The minimum atomic E-state index is -3.66. The Morgan fingerprint density at radius 3 is 2.26 bits per heavy atom. The Hall–Kier alpha value is -2.78. The summed E-state index contributed by atoms with van der Waals surface area (Å²) in [7, 11) is -3.66. The van der Waals surface area contributed by atoms with Crippen LogP contribution >= 0.6 is 34.8 Å². The Morgan fingerprint density at radius 1 is 0.952 bits per heavy atom. The quantitative estimate of drug-likeness (QED) is 0.211. The van der Waals surface area contributed by atoms with Crippen LogP contribution in [0, 0.1) is 6.92 Å². The number of nitrogens with one attached hydrogen (secondary N) is 1. The van der Waals surface area contributed by atoms with E-state index in [-0.39, 0.29) is 37.7 Å². The lowest BCUT2D eigenvalue weighted by Gasteiger charge is -2.32. The van der Waals surface area contributed by atoms with Crippen molar-refractivity contribution in [2.45, 2.75) is 52.1 Å². The van der Waals surface area contributed by atoms with Crippen molar-refractivity contribution in [2.75, 3.05) is 23.7 Å². The molecular formula is C31H36Cl3N3O4S. The second kappa shape index (κ2) is 15.6. The fourth-order valence-corrected chi connectivity index (χ4v) is 6.24. The molecule has 0 aliphatic heterocycles. The summed E-state index contributed by atoms with van der Waals surface area (Å²) in [5.41, 5.74) is 2.74. The van der Waals surface area contributed by atoms with E-state index >= 15 is 0 Å². The van der Waals surface area contributed by atoms with Gasteiger partial charge in [0.05, 0.1) is 11.9 Å². The van der Waals surface area contributed by atoms with Crippen molar-refractivity contribution in [1.29, 1.82) is 0 Å². The molecule has 0 unspecified atom stereocenters. The first-order chi connectivity index (χ1) is 19.9. The Balaban J connectivity index is 1.92. The number of anilines is 1. The van der Waals surface area contributed by atoms with Crippen LogP contribution in [0.25, 0.3) is 0 Å². The van der Waals surface area contributed by atoms with Crippen LogP contribution in [-0.2, 0) is 32.6 Å². The zero-order valence-electron chi connectivity index (χ0n) is 23.9. The molecule has 0 radical (unpaired) electrons. The lowest BCUT2D eigenvalue weighted by molar-refractivity contribution is -0.141. The molecule has 3 aromatic carbocycles. The largest absolute Gasteiger partial charge is 0.354 e. The molecule has 0 aromatic heterocycles. The van der Waals surface area contributed by atoms with Gasteiger partial charge in [-0.05, 0) is 60.7 Å². The van der Waals surface area contributed by atoms with Gasteiger partial charge in [-0.15, -0.1) is 0 Å². The normalized spacial score (nSPS) is 12.0. The average Bonchev–Trinajstić information content (AvgIpc) is 2.94. The summed E-state index contributed by atoms with van der Waals surface area (Å²) in [6.07, 6.45) is 2.38. The van der Waals surface area contributed by atoms with Crippen LogP contribution in [0.1, 0.15) is 42.9 Å². The molecular weight excluding hydrogens is 617 g/mol. The number of rotatable bonds is 14. The van der Waals surface area contributed by atoms with Crippen LogP contribution in [0.4, 0.5) is 5.69 Å². The molecule has 0 bridgehead atoms. The maximum atomic E-state index is 13.9. The van der Waals surface area contributed by atoms with Crippen LogP contribution in [0.3, 0.4) is 0 Å². The second-order valence-corrected chi connectivity index (χ2v) is 13.3. The van der Waals surface area contributed by atoms with Crippen molar-refractivity contribution in [3.05, 3.63) is 98.5 Å². The lowest BCUT2D eigenvalue weighted by atomic mass is 10.0. The van der Waals surface area contributed by atoms with Crippen molar-refractivity contribution < 1.29 is 18.0 Å². The first-order valence-corrected chi connectivity index (χ1v) is 16.7. The number of sulfonamides is 1. The number of amides is 2. The molecule has 1 N–H and O–H groups in total. The van der Waals surface area contributed by atoms with Crippen LogP contribution in [-0.4, -0.2) is 50.5 Å². The second-order valence-electron chi connectivity index (χ2n) is 10.1. The summed E-state index contributed by atoms with van der Waals surface area (Å²) in [5, 5.41) is 4.19. The van der Waals surface area contributed by atoms with Gasteiger partial charge in [-0.2, -0.15) is 0 Å². The summed E-state index contributed by atoms with van der Waals surface area (Å²) in [6.45, 7) is 4.37. The molecule has 0 saturated heterocycles. The predicted molar refractivity (Wildman–Crippen MR) is 172 cm³/mol. The van der Waals surface area contributed by atoms with Gasteiger partial charge in [-0.3, -0.25) is 13.9 Å².